The van der Waals surface area contributed by atoms with Gasteiger partial charge in [0, 0.05) is 28.2 Å². The summed E-state index contributed by atoms with van der Waals surface area (Å²) >= 11 is 0. The summed E-state index contributed by atoms with van der Waals surface area (Å²) in [6.07, 6.45) is 0. The maximum atomic E-state index is 8.89. The Morgan fingerprint density at radius 2 is 1.12 bits per heavy atom. The molecule has 0 heterocycles. The zero-order valence-electron chi connectivity index (χ0n) is 18.8. The molecular formula is C29H28N4. The van der Waals surface area contributed by atoms with Gasteiger partial charge in [-0.15, -0.1) is 13.2 Å². The molecular weight excluding hydrogens is 404 g/mol. The second-order valence-corrected chi connectivity index (χ2v) is 7.25. The van der Waals surface area contributed by atoms with Gasteiger partial charge in [0.1, 0.15) is 11.7 Å². The minimum Gasteiger partial charge on any atom is -0.355 e. The Bertz CT molecular complexity index is 1200. The summed E-state index contributed by atoms with van der Waals surface area (Å²) in [6.45, 7) is 8.07. The van der Waals surface area contributed by atoms with Crippen molar-refractivity contribution in [1.82, 2.24) is 0 Å². The maximum Gasteiger partial charge on any atom is 0.138 e. The van der Waals surface area contributed by atoms with Gasteiger partial charge in [0.25, 0.3) is 0 Å². The van der Waals surface area contributed by atoms with E-state index in [9.17, 15) is 0 Å². The number of para-hydroxylation sites is 2. The largest absolute Gasteiger partial charge is 0.355 e. The molecule has 4 aromatic carbocycles. The molecule has 4 rings (SSSR count). The molecule has 0 spiro atoms. The summed E-state index contributed by atoms with van der Waals surface area (Å²) < 4.78 is 0. The van der Waals surface area contributed by atoms with Crippen LogP contribution >= 0.6 is 0 Å². The van der Waals surface area contributed by atoms with E-state index in [1.807, 2.05) is 103 Å². The third kappa shape index (κ3) is 5.63. The number of aryl methyl sites for hydroxylation is 1. The molecule has 0 unspecified atom stereocenters. The van der Waals surface area contributed by atoms with Gasteiger partial charge in [-0.25, -0.2) is 0 Å². The van der Waals surface area contributed by atoms with Gasteiger partial charge < -0.3 is 5.32 Å². The summed E-state index contributed by atoms with van der Waals surface area (Å²) in [5.74, 6) is 0.515. The van der Waals surface area contributed by atoms with E-state index in [0.717, 1.165) is 28.2 Å². The molecule has 0 bridgehead atoms. The lowest BCUT2D eigenvalue weighted by Crippen LogP contribution is -2.37. The van der Waals surface area contributed by atoms with Crippen molar-refractivity contribution in [2.45, 2.75) is 6.92 Å². The van der Waals surface area contributed by atoms with Crippen LogP contribution in [0.5, 0.6) is 0 Å². The van der Waals surface area contributed by atoms with Crippen molar-refractivity contribution in [3.8, 4) is 0 Å². The van der Waals surface area contributed by atoms with Crippen LogP contribution in [0.1, 0.15) is 16.7 Å². The fourth-order valence-electron chi connectivity index (χ4n) is 3.38. The SMILES string of the molecule is C=C.Cc1ccccc1Nc1ccc(C(=N)N(C(=N)c2ccccc2)c2ccccc2)cc1. The number of benzene rings is 4. The Balaban J connectivity index is 0.00000149. The number of rotatable bonds is 5. The lowest BCUT2D eigenvalue weighted by molar-refractivity contribution is 1.28. The fourth-order valence-corrected chi connectivity index (χ4v) is 3.38. The van der Waals surface area contributed by atoms with Crippen molar-refractivity contribution in [1.29, 1.82) is 10.8 Å². The first-order chi connectivity index (χ1) is 16.1. The second kappa shape index (κ2) is 11.3. The molecule has 33 heavy (non-hydrogen) atoms. The van der Waals surface area contributed by atoms with Crippen molar-refractivity contribution in [3.05, 3.63) is 139 Å². The molecule has 0 aliphatic heterocycles. The third-order valence-electron chi connectivity index (χ3n) is 5.09. The van der Waals surface area contributed by atoms with Gasteiger partial charge in [-0.3, -0.25) is 15.7 Å². The van der Waals surface area contributed by atoms with Crippen molar-refractivity contribution in [2.75, 3.05) is 10.2 Å². The van der Waals surface area contributed by atoms with Crippen LogP contribution < -0.4 is 10.2 Å². The molecule has 0 aliphatic rings. The van der Waals surface area contributed by atoms with Gasteiger partial charge in [0.15, 0.2) is 0 Å². The van der Waals surface area contributed by atoms with E-state index in [4.69, 9.17) is 10.8 Å². The van der Waals surface area contributed by atoms with Crippen LogP contribution in [0.4, 0.5) is 17.1 Å². The van der Waals surface area contributed by atoms with E-state index in [1.54, 1.807) is 4.90 Å². The highest BCUT2D eigenvalue weighted by Crippen LogP contribution is 2.23. The molecule has 4 aromatic rings. The first kappa shape index (κ1) is 23.2. The van der Waals surface area contributed by atoms with Gasteiger partial charge in [-0.05, 0) is 55.0 Å². The van der Waals surface area contributed by atoms with E-state index in [-0.39, 0.29) is 11.7 Å². The van der Waals surface area contributed by atoms with Crippen LogP contribution in [-0.2, 0) is 0 Å². The summed E-state index contributed by atoms with van der Waals surface area (Å²) in [6, 6.07) is 35.0. The molecule has 0 fully saturated rings. The smallest absolute Gasteiger partial charge is 0.138 e. The summed E-state index contributed by atoms with van der Waals surface area (Å²) in [7, 11) is 0. The predicted molar refractivity (Wildman–Crippen MR) is 141 cm³/mol. The van der Waals surface area contributed by atoms with Gasteiger partial charge in [-0.1, -0.05) is 66.7 Å². The zero-order chi connectivity index (χ0) is 23.6. The van der Waals surface area contributed by atoms with Gasteiger partial charge >= 0.3 is 0 Å². The van der Waals surface area contributed by atoms with Gasteiger partial charge in [0.2, 0.25) is 0 Å². The molecule has 3 N–H and O–H groups in total. The zero-order valence-corrected chi connectivity index (χ0v) is 18.8. The Labute approximate surface area is 195 Å². The Kier molecular flexibility index (Phi) is 7.92. The van der Waals surface area contributed by atoms with Crippen LogP contribution in [0, 0.1) is 17.7 Å². The fraction of sp³-hybridized carbons (Fsp3) is 0.0345. The quantitative estimate of drug-likeness (QED) is 0.175. The summed E-state index contributed by atoms with van der Waals surface area (Å²) in [4.78, 5) is 1.67. The molecule has 4 nitrogen and oxygen atoms in total. The number of anilines is 3. The normalized spacial score (nSPS) is 9.85. The van der Waals surface area contributed by atoms with Crippen LogP contribution in [0.2, 0.25) is 0 Å². The van der Waals surface area contributed by atoms with Gasteiger partial charge in [-0.2, -0.15) is 0 Å². The summed E-state index contributed by atoms with van der Waals surface area (Å²) in [5, 5.41) is 21.1. The number of hydrogen-bond acceptors (Lipinski definition) is 3. The number of nitrogens with zero attached hydrogens (tertiary/aromatic N) is 1. The Hall–Kier alpha value is -4.44. The number of nitrogens with one attached hydrogen (secondary N) is 3. The topological polar surface area (TPSA) is 63.0 Å². The average molecular weight is 433 g/mol. The van der Waals surface area contributed by atoms with Crippen LogP contribution in [0.15, 0.2) is 122 Å². The molecule has 0 amide bonds. The second-order valence-electron chi connectivity index (χ2n) is 7.25. The lowest BCUT2D eigenvalue weighted by Gasteiger charge is -2.26. The standard InChI is InChI=1S/C27H24N4.C2H4/c1-20-10-8-9-15-25(20)30-23-18-16-22(17-19-23)27(29)31(24-13-6-3-7-14-24)26(28)21-11-4-2-5-12-21;1-2/h2-19,28-30H,1H3;1-2H2. The third-order valence-corrected chi connectivity index (χ3v) is 5.09. The molecule has 0 saturated carbocycles. The van der Waals surface area contributed by atoms with Gasteiger partial charge in [0.05, 0.1) is 0 Å². The van der Waals surface area contributed by atoms with E-state index < -0.39 is 0 Å². The van der Waals surface area contributed by atoms with Crippen molar-refractivity contribution in [3.63, 3.8) is 0 Å². The first-order valence-corrected chi connectivity index (χ1v) is 10.6. The molecule has 164 valence electrons. The minimum absolute atomic E-state index is 0.252. The van der Waals surface area contributed by atoms with E-state index in [0.29, 0.717) is 0 Å². The molecule has 0 atom stereocenters. The van der Waals surface area contributed by atoms with Crippen LogP contribution in [-0.4, -0.2) is 11.7 Å². The Morgan fingerprint density at radius 1 is 0.636 bits per heavy atom. The highest BCUT2D eigenvalue weighted by atomic mass is 15.2. The number of amidine groups is 2. The van der Waals surface area contributed by atoms with E-state index in [1.165, 1.54) is 5.56 Å². The first-order valence-electron chi connectivity index (χ1n) is 10.6. The summed E-state index contributed by atoms with van der Waals surface area (Å²) in [5.41, 5.74) is 5.46. The molecule has 0 aromatic heterocycles. The monoisotopic (exact) mass is 432 g/mol. The van der Waals surface area contributed by atoms with Crippen LogP contribution in [0.25, 0.3) is 0 Å². The lowest BCUT2D eigenvalue weighted by atomic mass is 10.1. The predicted octanol–water partition coefficient (Wildman–Crippen LogP) is 7.40. The highest BCUT2D eigenvalue weighted by molar-refractivity contribution is 6.27. The number of hydrogen-bond donors (Lipinski definition) is 3. The van der Waals surface area contributed by atoms with E-state index >= 15 is 0 Å². The Morgan fingerprint density at radius 3 is 1.70 bits per heavy atom. The average Bonchev–Trinajstić information content (AvgIpc) is 2.88. The van der Waals surface area contributed by atoms with E-state index in [2.05, 4.69) is 31.5 Å². The van der Waals surface area contributed by atoms with Crippen molar-refractivity contribution in [2.24, 2.45) is 0 Å². The highest BCUT2D eigenvalue weighted by Gasteiger charge is 2.20. The maximum absolute atomic E-state index is 8.89. The van der Waals surface area contributed by atoms with Crippen molar-refractivity contribution < 1.29 is 0 Å². The molecule has 0 saturated heterocycles. The molecule has 0 aliphatic carbocycles. The molecule has 4 heteroatoms. The minimum atomic E-state index is 0.252. The van der Waals surface area contributed by atoms with Crippen molar-refractivity contribution >= 4 is 28.7 Å². The van der Waals surface area contributed by atoms with Crippen LogP contribution in [0.3, 0.4) is 0 Å². The molecule has 0 radical (unpaired) electrons.